The first-order valence-corrected chi connectivity index (χ1v) is 5.31. The van der Waals surface area contributed by atoms with E-state index in [0.29, 0.717) is 11.9 Å². The van der Waals surface area contributed by atoms with Gasteiger partial charge in [-0.15, -0.1) is 0 Å². The number of aromatic nitrogens is 1. The maximum Gasteiger partial charge on any atom is 0.126 e. The van der Waals surface area contributed by atoms with Gasteiger partial charge in [0.25, 0.3) is 0 Å². The zero-order valence-electron chi connectivity index (χ0n) is 9.02. The maximum atomic E-state index is 5.84. The summed E-state index contributed by atoms with van der Waals surface area (Å²) < 4.78 is 5.84. The Labute approximate surface area is 90.0 Å². The average Bonchev–Trinajstić information content (AvgIpc) is 2.22. The zero-order valence-corrected chi connectivity index (χ0v) is 9.02. The minimum atomic E-state index is 0.322. The summed E-state index contributed by atoms with van der Waals surface area (Å²) in [5.41, 5.74) is 5.59. The monoisotopic (exact) mass is 207 g/mol. The number of ether oxygens (including phenoxy) is 1. The molecular formula is C11H17N3O. The minimum Gasteiger partial charge on any atom is -0.490 e. The van der Waals surface area contributed by atoms with E-state index in [2.05, 4.69) is 16.9 Å². The Kier molecular flexibility index (Phi) is 3.06. The summed E-state index contributed by atoms with van der Waals surface area (Å²) in [5.74, 6) is 1.34. The standard InChI is InChI=1S/C11H17N3O/c1-14-6-3-9(4-7-14)15-10-2-5-13-11(12)8-10/h2,5,8-9H,3-4,6-7H2,1H3,(H2,12,13). The molecule has 1 aliphatic rings. The Balaban J connectivity index is 1.92. The van der Waals surface area contributed by atoms with Crippen molar-refractivity contribution in [2.75, 3.05) is 25.9 Å². The first-order chi connectivity index (χ1) is 7.24. The third kappa shape index (κ3) is 2.83. The van der Waals surface area contributed by atoms with E-state index in [1.165, 1.54) is 0 Å². The fourth-order valence-corrected chi connectivity index (χ4v) is 1.80. The van der Waals surface area contributed by atoms with Crippen LogP contribution >= 0.6 is 0 Å². The molecule has 2 rings (SSSR count). The molecule has 0 radical (unpaired) electrons. The van der Waals surface area contributed by atoms with E-state index >= 15 is 0 Å². The smallest absolute Gasteiger partial charge is 0.126 e. The third-order valence-electron chi connectivity index (χ3n) is 2.72. The van der Waals surface area contributed by atoms with Crippen LogP contribution in [0.1, 0.15) is 12.8 Å². The molecule has 4 nitrogen and oxygen atoms in total. The molecule has 0 aliphatic carbocycles. The quantitative estimate of drug-likeness (QED) is 0.790. The predicted octanol–water partition coefficient (Wildman–Crippen LogP) is 1.14. The molecule has 0 saturated carbocycles. The lowest BCUT2D eigenvalue weighted by Crippen LogP contribution is -2.35. The van der Waals surface area contributed by atoms with Crippen LogP contribution in [0, 0.1) is 0 Å². The Hall–Kier alpha value is -1.29. The third-order valence-corrected chi connectivity index (χ3v) is 2.72. The number of piperidine rings is 1. The molecule has 15 heavy (non-hydrogen) atoms. The van der Waals surface area contributed by atoms with Crippen molar-refractivity contribution in [3.63, 3.8) is 0 Å². The molecule has 0 bridgehead atoms. The topological polar surface area (TPSA) is 51.4 Å². The van der Waals surface area contributed by atoms with Gasteiger partial charge in [-0.2, -0.15) is 0 Å². The molecule has 1 saturated heterocycles. The molecule has 1 aromatic rings. The number of anilines is 1. The largest absolute Gasteiger partial charge is 0.490 e. The van der Waals surface area contributed by atoms with E-state index in [0.717, 1.165) is 31.7 Å². The molecule has 0 spiro atoms. The van der Waals surface area contributed by atoms with Gasteiger partial charge in [-0.1, -0.05) is 0 Å². The van der Waals surface area contributed by atoms with E-state index in [4.69, 9.17) is 10.5 Å². The number of rotatable bonds is 2. The van der Waals surface area contributed by atoms with E-state index in [1.807, 2.05) is 6.07 Å². The first-order valence-electron chi connectivity index (χ1n) is 5.31. The van der Waals surface area contributed by atoms with Gasteiger partial charge in [0.1, 0.15) is 17.7 Å². The summed E-state index contributed by atoms with van der Waals surface area (Å²) in [7, 11) is 2.14. The molecule has 4 heteroatoms. The highest BCUT2D eigenvalue weighted by molar-refractivity contribution is 5.35. The van der Waals surface area contributed by atoms with Gasteiger partial charge in [0.15, 0.2) is 0 Å². The van der Waals surface area contributed by atoms with Gasteiger partial charge < -0.3 is 15.4 Å². The zero-order chi connectivity index (χ0) is 10.7. The van der Waals surface area contributed by atoms with E-state index in [1.54, 1.807) is 12.3 Å². The van der Waals surface area contributed by atoms with Gasteiger partial charge in [0.05, 0.1) is 0 Å². The van der Waals surface area contributed by atoms with Crippen molar-refractivity contribution < 1.29 is 4.74 Å². The highest BCUT2D eigenvalue weighted by atomic mass is 16.5. The Bertz CT molecular complexity index is 321. The molecule has 0 amide bonds. The lowest BCUT2D eigenvalue weighted by Gasteiger charge is -2.29. The second kappa shape index (κ2) is 4.49. The summed E-state index contributed by atoms with van der Waals surface area (Å²) in [4.78, 5) is 6.25. The summed E-state index contributed by atoms with van der Waals surface area (Å²) >= 11 is 0. The highest BCUT2D eigenvalue weighted by Gasteiger charge is 2.17. The molecule has 82 valence electrons. The second-order valence-electron chi connectivity index (χ2n) is 4.04. The molecule has 1 aliphatic heterocycles. The first kappa shape index (κ1) is 10.2. The van der Waals surface area contributed by atoms with E-state index in [9.17, 15) is 0 Å². The maximum absolute atomic E-state index is 5.84. The minimum absolute atomic E-state index is 0.322. The van der Waals surface area contributed by atoms with E-state index < -0.39 is 0 Å². The SMILES string of the molecule is CN1CCC(Oc2ccnc(N)c2)CC1. The molecule has 1 aromatic heterocycles. The number of nitrogen functional groups attached to an aromatic ring is 1. The van der Waals surface area contributed by atoms with Crippen LogP contribution in [0.3, 0.4) is 0 Å². The molecule has 2 heterocycles. The Morgan fingerprint density at radius 2 is 2.20 bits per heavy atom. The molecular weight excluding hydrogens is 190 g/mol. The van der Waals surface area contributed by atoms with Crippen LogP contribution in [0.4, 0.5) is 5.82 Å². The number of hydrogen-bond donors (Lipinski definition) is 1. The van der Waals surface area contributed by atoms with Crippen molar-refractivity contribution in [2.24, 2.45) is 0 Å². The van der Waals surface area contributed by atoms with Crippen LogP contribution in [-0.2, 0) is 0 Å². The summed E-state index contributed by atoms with van der Waals surface area (Å²) in [6.45, 7) is 2.20. The van der Waals surface area contributed by atoms with Crippen molar-refractivity contribution in [3.8, 4) is 5.75 Å². The summed E-state index contributed by atoms with van der Waals surface area (Å²) in [6.07, 6.45) is 4.17. The number of nitrogens with zero attached hydrogens (tertiary/aromatic N) is 2. The molecule has 0 aromatic carbocycles. The van der Waals surface area contributed by atoms with Crippen LogP contribution < -0.4 is 10.5 Å². The highest BCUT2D eigenvalue weighted by Crippen LogP contribution is 2.19. The Morgan fingerprint density at radius 1 is 1.47 bits per heavy atom. The predicted molar refractivity (Wildman–Crippen MR) is 59.8 cm³/mol. The average molecular weight is 207 g/mol. The van der Waals surface area contributed by atoms with Crippen LogP contribution in [0.2, 0.25) is 0 Å². The van der Waals surface area contributed by atoms with Crippen molar-refractivity contribution in [3.05, 3.63) is 18.3 Å². The lowest BCUT2D eigenvalue weighted by molar-refractivity contribution is 0.114. The van der Waals surface area contributed by atoms with Crippen molar-refractivity contribution in [1.82, 2.24) is 9.88 Å². The summed E-state index contributed by atoms with van der Waals surface area (Å²) in [6, 6.07) is 3.63. The van der Waals surface area contributed by atoms with Crippen LogP contribution in [0.5, 0.6) is 5.75 Å². The van der Waals surface area contributed by atoms with Gasteiger partial charge >= 0.3 is 0 Å². The molecule has 2 N–H and O–H groups in total. The van der Waals surface area contributed by atoms with Crippen molar-refractivity contribution in [2.45, 2.75) is 18.9 Å². The van der Waals surface area contributed by atoms with Crippen LogP contribution in [0.25, 0.3) is 0 Å². The lowest BCUT2D eigenvalue weighted by atomic mass is 10.1. The van der Waals surface area contributed by atoms with Gasteiger partial charge in [-0.3, -0.25) is 0 Å². The van der Waals surface area contributed by atoms with Gasteiger partial charge in [-0.05, 0) is 26.0 Å². The molecule has 1 fully saturated rings. The fraction of sp³-hybridized carbons (Fsp3) is 0.545. The summed E-state index contributed by atoms with van der Waals surface area (Å²) in [5, 5.41) is 0. The van der Waals surface area contributed by atoms with Crippen molar-refractivity contribution in [1.29, 1.82) is 0 Å². The molecule has 0 unspecified atom stereocenters. The number of nitrogens with two attached hydrogens (primary N) is 1. The Morgan fingerprint density at radius 3 is 2.87 bits per heavy atom. The number of hydrogen-bond acceptors (Lipinski definition) is 4. The second-order valence-corrected chi connectivity index (χ2v) is 4.04. The molecule has 0 atom stereocenters. The van der Waals surface area contributed by atoms with Crippen molar-refractivity contribution >= 4 is 5.82 Å². The normalized spacial score (nSPS) is 19.0. The van der Waals surface area contributed by atoms with Gasteiger partial charge in [0.2, 0.25) is 0 Å². The van der Waals surface area contributed by atoms with E-state index in [-0.39, 0.29) is 0 Å². The number of likely N-dealkylation sites (tertiary alicyclic amines) is 1. The van der Waals surface area contributed by atoms with Crippen LogP contribution in [0.15, 0.2) is 18.3 Å². The van der Waals surface area contributed by atoms with Gasteiger partial charge in [0, 0.05) is 25.4 Å². The van der Waals surface area contributed by atoms with Crippen LogP contribution in [-0.4, -0.2) is 36.1 Å². The number of pyridine rings is 1. The fourth-order valence-electron chi connectivity index (χ4n) is 1.80. The van der Waals surface area contributed by atoms with Gasteiger partial charge in [-0.25, -0.2) is 4.98 Å².